The molecule has 88 valence electrons. The van der Waals surface area contributed by atoms with Crippen LogP contribution in [0.4, 0.5) is 5.69 Å². The molecule has 2 nitrogen and oxygen atoms in total. The molecule has 0 aromatic heterocycles. The zero-order valence-corrected chi connectivity index (χ0v) is 10.3. The number of rotatable bonds is 5. The third kappa shape index (κ3) is 2.56. The predicted octanol–water partition coefficient (Wildman–Crippen LogP) is 3.09. The molecule has 0 bridgehead atoms. The first-order valence-corrected chi connectivity index (χ1v) is 6.34. The maximum atomic E-state index is 5.86. The lowest BCUT2D eigenvalue weighted by Crippen LogP contribution is -2.26. The van der Waals surface area contributed by atoms with E-state index in [0.717, 1.165) is 6.04 Å². The van der Waals surface area contributed by atoms with Crippen molar-refractivity contribution in [2.75, 3.05) is 11.4 Å². The van der Waals surface area contributed by atoms with Crippen LogP contribution in [-0.4, -0.2) is 12.6 Å². The standard InChI is InChI=1S/C14H22N2/c1-3-10-16(14-8-9-14)13-6-4-12(5-7-13)11(2)15/h4-7,11,14H,3,8-10,15H2,1-2H3/t11-/m0/s1. The molecule has 1 aromatic carbocycles. The molecule has 0 unspecified atom stereocenters. The van der Waals surface area contributed by atoms with Crippen LogP contribution in [0.25, 0.3) is 0 Å². The molecule has 0 radical (unpaired) electrons. The van der Waals surface area contributed by atoms with Gasteiger partial charge in [0.15, 0.2) is 0 Å². The van der Waals surface area contributed by atoms with Gasteiger partial charge in [-0.3, -0.25) is 0 Å². The quantitative estimate of drug-likeness (QED) is 0.823. The number of hydrogen-bond donors (Lipinski definition) is 1. The lowest BCUT2D eigenvalue weighted by atomic mass is 10.1. The van der Waals surface area contributed by atoms with Gasteiger partial charge in [0.05, 0.1) is 0 Å². The second-order valence-corrected chi connectivity index (χ2v) is 4.80. The first-order chi connectivity index (χ1) is 7.72. The van der Waals surface area contributed by atoms with E-state index >= 15 is 0 Å². The maximum absolute atomic E-state index is 5.86. The van der Waals surface area contributed by atoms with Gasteiger partial charge in [0.1, 0.15) is 0 Å². The molecule has 1 saturated carbocycles. The van der Waals surface area contributed by atoms with Crippen LogP contribution in [0, 0.1) is 0 Å². The largest absolute Gasteiger partial charge is 0.369 e. The van der Waals surface area contributed by atoms with Crippen molar-refractivity contribution in [1.82, 2.24) is 0 Å². The van der Waals surface area contributed by atoms with Crippen LogP contribution in [0.3, 0.4) is 0 Å². The summed E-state index contributed by atoms with van der Waals surface area (Å²) in [5.41, 5.74) is 8.43. The molecule has 0 spiro atoms. The number of benzene rings is 1. The van der Waals surface area contributed by atoms with Crippen molar-refractivity contribution in [2.45, 2.75) is 45.2 Å². The van der Waals surface area contributed by atoms with Crippen molar-refractivity contribution >= 4 is 5.69 Å². The van der Waals surface area contributed by atoms with E-state index in [-0.39, 0.29) is 6.04 Å². The topological polar surface area (TPSA) is 29.3 Å². The van der Waals surface area contributed by atoms with Gasteiger partial charge in [-0.05, 0) is 43.9 Å². The zero-order valence-electron chi connectivity index (χ0n) is 10.3. The van der Waals surface area contributed by atoms with Gasteiger partial charge >= 0.3 is 0 Å². The predicted molar refractivity (Wildman–Crippen MR) is 69.7 cm³/mol. The second kappa shape index (κ2) is 4.88. The van der Waals surface area contributed by atoms with Gasteiger partial charge in [0.2, 0.25) is 0 Å². The Morgan fingerprint density at radius 1 is 1.31 bits per heavy atom. The number of nitrogens with two attached hydrogens (primary N) is 1. The van der Waals surface area contributed by atoms with Crippen LogP contribution in [-0.2, 0) is 0 Å². The highest BCUT2D eigenvalue weighted by Gasteiger charge is 2.28. The monoisotopic (exact) mass is 218 g/mol. The Balaban J connectivity index is 2.11. The van der Waals surface area contributed by atoms with Gasteiger partial charge in [-0.25, -0.2) is 0 Å². The van der Waals surface area contributed by atoms with Crippen molar-refractivity contribution in [3.63, 3.8) is 0 Å². The summed E-state index contributed by atoms with van der Waals surface area (Å²) in [6.45, 7) is 5.44. The summed E-state index contributed by atoms with van der Waals surface area (Å²) in [4.78, 5) is 2.53. The SMILES string of the molecule is CCCN(c1ccc([C@H](C)N)cc1)C1CC1. The van der Waals surface area contributed by atoms with Crippen LogP contribution < -0.4 is 10.6 Å². The second-order valence-electron chi connectivity index (χ2n) is 4.80. The van der Waals surface area contributed by atoms with Crippen LogP contribution >= 0.6 is 0 Å². The summed E-state index contributed by atoms with van der Waals surface area (Å²) in [5, 5.41) is 0. The zero-order chi connectivity index (χ0) is 11.5. The summed E-state index contributed by atoms with van der Waals surface area (Å²) >= 11 is 0. The fraction of sp³-hybridized carbons (Fsp3) is 0.571. The van der Waals surface area contributed by atoms with Gasteiger partial charge in [-0.15, -0.1) is 0 Å². The van der Waals surface area contributed by atoms with E-state index in [1.165, 1.54) is 37.1 Å². The Labute approximate surface area is 98.4 Å². The van der Waals surface area contributed by atoms with Crippen LogP contribution in [0.1, 0.15) is 44.7 Å². The molecule has 2 N–H and O–H groups in total. The van der Waals surface area contributed by atoms with Crippen LogP contribution in [0.2, 0.25) is 0 Å². The summed E-state index contributed by atoms with van der Waals surface area (Å²) < 4.78 is 0. The average Bonchev–Trinajstić information content (AvgIpc) is 3.10. The Morgan fingerprint density at radius 2 is 1.94 bits per heavy atom. The van der Waals surface area contributed by atoms with Gasteiger partial charge in [-0.1, -0.05) is 19.1 Å². The van der Waals surface area contributed by atoms with E-state index < -0.39 is 0 Å². The minimum absolute atomic E-state index is 0.134. The fourth-order valence-corrected chi connectivity index (χ4v) is 2.12. The lowest BCUT2D eigenvalue weighted by Gasteiger charge is -2.24. The fourth-order valence-electron chi connectivity index (χ4n) is 2.12. The van der Waals surface area contributed by atoms with Crippen molar-refractivity contribution in [3.8, 4) is 0 Å². The molecule has 0 aliphatic heterocycles. The molecule has 1 atom stereocenters. The molecule has 16 heavy (non-hydrogen) atoms. The molecule has 2 heteroatoms. The summed E-state index contributed by atoms with van der Waals surface area (Å²) in [6, 6.07) is 9.67. The summed E-state index contributed by atoms with van der Waals surface area (Å²) in [7, 11) is 0. The van der Waals surface area contributed by atoms with E-state index in [9.17, 15) is 0 Å². The normalized spacial score (nSPS) is 17.2. The molecule has 0 heterocycles. The number of anilines is 1. The highest BCUT2D eigenvalue weighted by atomic mass is 15.2. The molecular formula is C14H22N2. The Kier molecular flexibility index (Phi) is 3.49. The Morgan fingerprint density at radius 3 is 2.38 bits per heavy atom. The van der Waals surface area contributed by atoms with Crippen LogP contribution in [0.5, 0.6) is 0 Å². The smallest absolute Gasteiger partial charge is 0.0368 e. The number of hydrogen-bond acceptors (Lipinski definition) is 2. The molecule has 2 rings (SSSR count). The maximum Gasteiger partial charge on any atom is 0.0368 e. The minimum atomic E-state index is 0.134. The first kappa shape index (κ1) is 11.5. The summed E-state index contributed by atoms with van der Waals surface area (Å²) in [6.07, 6.45) is 3.93. The van der Waals surface area contributed by atoms with E-state index in [4.69, 9.17) is 5.73 Å². The van der Waals surface area contributed by atoms with Gasteiger partial charge < -0.3 is 10.6 Å². The van der Waals surface area contributed by atoms with Gasteiger partial charge in [0.25, 0.3) is 0 Å². The molecule has 1 fully saturated rings. The molecular weight excluding hydrogens is 196 g/mol. The first-order valence-electron chi connectivity index (χ1n) is 6.34. The number of nitrogens with zero attached hydrogens (tertiary/aromatic N) is 1. The highest BCUT2D eigenvalue weighted by Crippen LogP contribution is 2.32. The van der Waals surface area contributed by atoms with Crippen LogP contribution in [0.15, 0.2) is 24.3 Å². The van der Waals surface area contributed by atoms with Crippen molar-refractivity contribution in [1.29, 1.82) is 0 Å². The van der Waals surface area contributed by atoms with E-state index in [0.29, 0.717) is 0 Å². The third-order valence-electron chi connectivity index (χ3n) is 3.20. The van der Waals surface area contributed by atoms with Gasteiger partial charge in [-0.2, -0.15) is 0 Å². The Hall–Kier alpha value is -1.02. The minimum Gasteiger partial charge on any atom is -0.369 e. The molecule has 1 aliphatic carbocycles. The third-order valence-corrected chi connectivity index (χ3v) is 3.20. The summed E-state index contributed by atoms with van der Waals surface area (Å²) in [5.74, 6) is 0. The lowest BCUT2D eigenvalue weighted by molar-refractivity contribution is 0.761. The Bertz CT molecular complexity index is 325. The van der Waals surface area contributed by atoms with E-state index in [1.807, 2.05) is 6.92 Å². The van der Waals surface area contributed by atoms with E-state index in [1.54, 1.807) is 0 Å². The highest BCUT2D eigenvalue weighted by molar-refractivity contribution is 5.50. The molecule has 0 saturated heterocycles. The van der Waals surface area contributed by atoms with E-state index in [2.05, 4.69) is 36.1 Å². The van der Waals surface area contributed by atoms with Crippen molar-refractivity contribution in [3.05, 3.63) is 29.8 Å². The average molecular weight is 218 g/mol. The van der Waals surface area contributed by atoms with Crippen molar-refractivity contribution < 1.29 is 0 Å². The molecule has 1 aliphatic rings. The van der Waals surface area contributed by atoms with Gasteiger partial charge in [0, 0.05) is 24.3 Å². The van der Waals surface area contributed by atoms with Crippen molar-refractivity contribution in [2.24, 2.45) is 5.73 Å². The molecule has 1 aromatic rings. The molecule has 0 amide bonds.